The first-order chi connectivity index (χ1) is 8.68. The van der Waals surface area contributed by atoms with Gasteiger partial charge in [0.2, 0.25) is 0 Å². The molecule has 2 heterocycles. The lowest BCUT2D eigenvalue weighted by molar-refractivity contribution is 0.0931. The molecule has 1 aliphatic heterocycles. The molecule has 0 aromatic carbocycles. The van der Waals surface area contributed by atoms with Crippen molar-refractivity contribution in [3.63, 3.8) is 0 Å². The number of aromatic nitrogens is 1. The quantitative estimate of drug-likeness (QED) is 0.879. The molecule has 1 atom stereocenters. The molecule has 0 radical (unpaired) electrons. The van der Waals surface area contributed by atoms with Crippen molar-refractivity contribution < 1.29 is 4.74 Å². The van der Waals surface area contributed by atoms with Gasteiger partial charge in [0.25, 0.3) is 0 Å². The maximum atomic E-state index is 5.61. The number of nitrogens with zero attached hydrogens (tertiary/aromatic N) is 2. The summed E-state index contributed by atoms with van der Waals surface area (Å²) in [7, 11) is 0. The van der Waals surface area contributed by atoms with E-state index in [2.05, 4.69) is 42.0 Å². The predicted molar refractivity (Wildman–Crippen MR) is 74.1 cm³/mol. The Morgan fingerprint density at radius 1 is 1.56 bits per heavy atom. The van der Waals surface area contributed by atoms with E-state index in [0.717, 1.165) is 26.3 Å². The lowest BCUT2D eigenvalue weighted by atomic mass is 10.1. The van der Waals surface area contributed by atoms with Gasteiger partial charge in [0, 0.05) is 37.2 Å². The van der Waals surface area contributed by atoms with Crippen molar-refractivity contribution >= 4 is 5.69 Å². The third kappa shape index (κ3) is 3.21. The summed E-state index contributed by atoms with van der Waals surface area (Å²) in [6.07, 6.45) is 3.79. The summed E-state index contributed by atoms with van der Waals surface area (Å²) in [5, 5.41) is 3.50. The van der Waals surface area contributed by atoms with Crippen LogP contribution in [0.15, 0.2) is 18.5 Å². The third-order valence-electron chi connectivity index (χ3n) is 3.29. The molecular weight excluding hydrogens is 226 g/mol. The molecule has 0 bridgehead atoms. The summed E-state index contributed by atoms with van der Waals surface area (Å²) >= 11 is 0. The first-order valence-corrected chi connectivity index (χ1v) is 6.67. The fourth-order valence-corrected chi connectivity index (χ4v) is 2.30. The van der Waals surface area contributed by atoms with Gasteiger partial charge >= 0.3 is 0 Å². The van der Waals surface area contributed by atoms with Gasteiger partial charge in [-0.3, -0.25) is 4.98 Å². The van der Waals surface area contributed by atoms with E-state index in [-0.39, 0.29) is 0 Å². The molecule has 0 spiro atoms. The van der Waals surface area contributed by atoms with Crippen molar-refractivity contribution in [3.05, 3.63) is 24.0 Å². The molecule has 2 rings (SSSR count). The molecule has 1 aromatic rings. The molecule has 0 saturated carbocycles. The van der Waals surface area contributed by atoms with Crippen molar-refractivity contribution in [2.75, 3.05) is 31.2 Å². The van der Waals surface area contributed by atoms with Crippen LogP contribution < -0.4 is 10.2 Å². The zero-order valence-electron chi connectivity index (χ0n) is 11.5. The number of anilines is 1. The zero-order valence-corrected chi connectivity index (χ0v) is 11.5. The molecule has 4 heteroatoms. The van der Waals surface area contributed by atoms with Crippen LogP contribution in [0.25, 0.3) is 0 Å². The lowest BCUT2D eigenvalue weighted by Gasteiger charge is -2.38. The Bertz CT molecular complexity index is 381. The van der Waals surface area contributed by atoms with Crippen molar-refractivity contribution in [3.8, 4) is 0 Å². The minimum absolute atomic E-state index is 0.405. The molecule has 1 aliphatic rings. The number of nitrogens with one attached hydrogen (secondary N) is 1. The van der Waals surface area contributed by atoms with Crippen LogP contribution in [0.3, 0.4) is 0 Å². The predicted octanol–water partition coefficient (Wildman–Crippen LogP) is 1.59. The van der Waals surface area contributed by atoms with E-state index in [0.29, 0.717) is 12.1 Å². The van der Waals surface area contributed by atoms with Gasteiger partial charge in [0.1, 0.15) is 0 Å². The molecule has 18 heavy (non-hydrogen) atoms. The van der Waals surface area contributed by atoms with Gasteiger partial charge in [-0.25, -0.2) is 0 Å². The van der Waals surface area contributed by atoms with E-state index in [1.807, 2.05) is 12.4 Å². The maximum Gasteiger partial charge on any atom is 0.0683 e. The summed E-state index contributed by atoms with van der Waals surface area (Å²) in [6.45, 7) is 9.97. The molecule has 100 valence electrons. The van der Waals surface area contributed by atoms with Gasteiger partial charge in [-0.05, 0) is 18.6 Å². The Balaban J connectivity index is 2.10. The number of hydrogen-bond acceptors (Lipinski definition) is 4. The van der Waals surface area contributed by atoms with E-state index in [9.17, 15) is 0 Å². The Morgan fingerprint density at radius 3 is 3.11 bits per heavy atom. The largest absolute Gasteiger partial charge is 0.377 e. The summed E-state index contributed by atoms with van der Waals surface area (Å²) in [4.78, 5) is 6.61. The van der Waals surface area contributed by atoms with Crippen LogP contribution in [0.2, 0.25) is 0 Å². The molecule has 0 aliphatic carbocycles. The minimum atomic E-state index is 0.405. The van der Waals surface area contributed by atoms with Crippen LogP contribution in [-0.2, 0) is 4.74 Å². The minimum Gasteiger partial charge on any atom is -0.377 e. The van der Waals surface area contributed by atoms with Crippen LogP contribution in [0.5, 0.6) is 0 Å². The topological polar surface area (TPSA) is 37.4 Å². The Morgan fingerprint density at radius 2 is 2.39 bits per heavy atom. The Labute approximate surface area is 109 Å². The average Bonchev–Trinajstić information content (AvgIpc) is 2.37. The summed E-state index contributed by atoms with van der Waals surface area (Å²) in [5.41, 5.74) is 2.51. The van der Waals surface area contributed by atoms with Crippen molar-refractivity contribution in [2.45, 2.75) is 32.9 Å². The van der Waals surface area contributed by atoms with Crippen LogP contribution in [-0.4, -0.2) is 43.4 Å². The fourth-order valence-electron chi connectivity index (χ4n) is 2.30. The van der Waals surface area contributed by atoms with Gasteiger partial charge in [-0.2, -0.15) is 0 Å². The van der Waals surface area contributed by atoms with E-state index >= 15 is 0 Å². The number of hydrogen-bond donors (Lipinski definition) is 1. The van der Waals surface area contributed by atoms with Crippen molar-refractivity contribution in [1.29, 1.82) is 0 Å². The lowest BCUT2D eigenvalue weighted by Crippen LogP contribution is -2.51. The Hall–Kier alpha value is -1.13. The zero-order chi connectivity index (χ0) is 13.0. The van der Waals surface area contributed by atoms with Crippen molar-refractivity contribution in [2.24, 2.45) is 0 Å². The Kier molecular flexibility index (Phi) is 4.55. The molecular formula is C14H23N3O. The van der Waals surface area contributed by atoms with E-state index in [4.69, 9.17) is 4.74 Å². The first-order valence-electron chi connectivity index (χ1n) is 6.67. The molecule has 4 nitrogen and oxygen atoms in total. The van der Waals surface area contributed by atoms with Crippen molar-refractivity contribution in [1.82, 2.24) is 10.3 Å². The van der Waals surface area contributed by atoms with Crippen LogP contribution >= 0.6 is 0 Å². The van der Waals surface area contributed by atoms with Crippen LogP contribution in [0.4, 0.5) is 5.69 Å². The SMILES string of the molecule is Cc1cnccc1N1CCOCC1CNC(C)C. The third-order valence-corrected chi connectivity index (χ3v) is 3.29. The molecule has 1 saturated heterocycles. The summed E-state index contributed by atoms with van der Waals surface area (Å²) in [6, 6.07) is 3.01. The summed E-state index contributed by atoms with van der Waals surface area (Å²) in [5.74, 6) is 0. The molecule has 1 N–H and O–H groups in total. The average molecular weight is 249 g/mol. The second-order valence-electron chi connectivity index (χ2n) is 5.15. The van der Waals surface area contributed by atoms with Gasteiger partial charge in [0.05, 0.1) is 19.3 Å². The molecule has 0 amide bonds. The van der Waals surface area contributed by atoms with E-state index in [1.54, 1.807) is 0 Å². The highest BCUT2D eigenvalue weighted by atomic mass is 16.5. The van der Waals surface area contributed by atoms with Gasteiger partial charge < -0.3 is 15.0 Å². The monoisotopic (exact) mass is 249 g/mol. The normalized spacial score (nSPS) is 20.4. The number of aryl methyl sites for hydroxylation is 1. The number of pyridine rings is 1. The highest BCUT2D eigenvalue weighted by molar-refractivity contribution is 5.52. The second kappa shape index (κ2) is 6.16. The molecule has 1 aromatic heterocycles. The summed E-state index contributed by atoms with van der Waals surface area (Å²) < 4.78 is 5.61. The standard InChI is InChI=1S/C14H23N3O/c1-11(2)16-9-13-10-18-7-6-17(13)14-4-5-15-8-12(14)3/h4-5,8,11,13,16H,6-7,9-10H2,1-3H3. The first kappa shape index (κ1) is 13.3. The second-order valence-corrected chi connectivity index (χ2v) is 5.15. The number of ether oxygens (including phenoxy) is 1. The highest BCUT2D eigenvalue weighted by Crippen LogP contribution is 2.22. The van der Waals surface area contributed by atoms with Gasteiger partial charge in [0.15, 0.2) is 0 Å². The van der Waals surface area contributed by atoms with Crippen LogP contribution in [0.1, 0.15) is 19.4 Å². The fraction of sp³-hybridized carbons (Fsp3) is 0.643. The molecule has 1 unspecified atom stereocenters. The van der Waals surface area contributed by atoms with Crippen LogP contribution in [0, 0.1) is 6.92 Å². The smallest absolute Gasteiger partial charge is 0.0683 e. The van der Waals surface area contributed by atoms with Gasteiger partial charge in [-0.15, -0.1) is 0 Å². The number of morpholine rings is 1. The highest BCUT2D eigenvalue weighted by Gasteiger charge is 2.24. The van der Waals surface area contributed by atoms with E-state index in [1.165, 1.54) is 11.3 Å². The molecule has 1 fully saturated rings. The van der Waals surface area contributed by atoms with Gasteiger partial charge in [-0.1, -0.05) is 13.8 Å². The number of rotatable bonds is 4. The maximum absolute atomic E-state index is 5.61. The van der Waals surface area contributed by atoms with E-state index < -0.39 is 0 Å².